The molecule has 2 aliphatic carbocycles. The summed E-state index contributed by atoms with van der Waals surface area (Å²) in [5, 5.41) is 0. The first-order valence-electron chi connectivity index (χ1n) is 15.0. The standard InChI is InChI=1S/C35H35NO6S/c1-43(38,39)29-20-18-26(19-21-29)34-36-32-30(22-23-31(33(32)42-34)40-28-10-6-3-7-11-28)41-35(37)27-16-14-25(15-17-27)13-12-24-8-4-2-5-9-24/h2,4-5,8-9,18-23,25,27-28H,3,6-7,10-11,14-17H2,1H3. The van der Waals surface area contributed by atoms with E-state index in [0.717, 1.165) is 56.9 Å². The number of rotatable bonds is 6. The number of carbonyl (C=O) groups excluding carboxylic acids is 1. The van der Waals surface area contributed by atoms with Gasteiger partial charge in [0.05, 0.1) is 16.9 Å². The fraction of sp³-hybridized carbons (Fsp3) is 0.371. The fourth-order valence-corrected chi connectivity index (χ4v) is 6.47. The summed E-state index contributed by atoms with van der Waals surface area (Å²) < 4.78 is 42.4. The van der Waals surface area contributed by atoms with Crippen molar-refractivity contribution in [1.82, 2.24) is 4.98 Å². The molecule has 1 heterocycles. The highest BCUT2D eigenvalue weighted by atomic mass is 32.2. The van der Waals surface area contributed by atoms with Crippen LogP contribution in [0.25, 0.3) is 22.6 Å². The van der Waals surface area contributed by atoms with Crippen molar-refractivity contribution in [3.05, 3.63) is 72.3 Å². The number of hydrogen-bond acceptors (Lipinski definition) is 7. The molecule has 222 valence electrons. The zero-order valence-corrected chi connectivity index (χ0v) is 25.1. The first kappa shape index (κ1) is 29.0. The molecule has 6 rings (SSSR count). The summed E-state index contributed by atoms with van der Waals surface area (Å²) in [5.74, 6) is 7.58. The summed E-state index contributed by atoms with van der Waals surface area (Å²) in [5.41, 5.74) is 2.44. The predicted octanol–water partition coefficient (Wildman–Crippen LogP) is 7.37. The van der Waals surface area contributed by atoms with Gasteiger partial charge in [0.15, 0.2) is 26.9 Å². The molecule has 0 aliphatic heterocycles. The average molecular weight is 598 g/mol. The van der Waals surface area contributed by atoms with E-state index in [-0.39, 0.29) is 28.8 Å². The summed E-state index contributed by atoms with van der Waals surface area (Å²) >= 11 is 0. The molecule has 1 aromatic heterocycles. The quantitative estimate of drug-likeness (QED) is 0.130. The van der Waals surface area contributed by atoms with E-state index in [1.54, 1.807) is 24.3 Å². The van der Waals surface area contributed by atoms with Crippen LogP contribution in [-0.4, -0.2) is 31.7 Å². The smallest absolute Gasteiger partial charge is 0.314 e. The van der Waals surface area contributed by atoms with Gasteiger partial charge in [-0.25, -0.2) is 13.4 Å². The Morgan fingerprint density at radius 1 is 0.860 bits per heavy atom. The van der Waals surface area contributed by atoms with Gasteiger partial charge in [0, 0.05) is 23.3 Å². The number of ether oxygens (including phenoxy) is 2. The molecule has 0 unspecified atom stereocenters. The molecule has 0 amide bonds. The summed E-state index contributed by atoms with van der Waals surface area (Å²) in [4.78, 5) is 18.2. The van der Waals surface area contributed by atoms with Crippen LogP contribution >= 0.6 is 0 Å². The first-order valence-corrected chi connectivity index (χ1v) is 16.9. The molecule has 4 aromatic rings. The van der Waals surface area contributed by atoms with Crippen LogP contribution in [0.15, 0.2) is 76.0 Å². The van der Waals surface area contributed by atoms with Crippen molar-refractivity contribution in [1.29, 1.82) is 0 Å². The molecular formula is C35H35NO6S. The molecule has 2 fully saturated rings. The second kappa shape index (κ2) is 12.6. The molecular weight excluding hydrogens is 562 g/mol. The number of carbonyl (C=O) groups is 1. The Labute approximate surface area is 252 Å². The largest absolute Gasteiger partial charge is 0.486 e. The molecule has 8 heteroatoms. The lowest BCUT2D eigenvalue weighted by atomic mass is 9.82. The SMILES string of the molecule is CS(=O)(=O)c1ccc(-c2nc3c(OC(=O)C4CCC(C#Cc5ccccc5)CC4)ccc(OC4CCCCC4)c3o2)cc1. The molecule has 7 nitrogen and oxygen atoms in total. The Morgan fingerprint density at radius 3 is 2.26 bits per heavy atom. The third-order valence-corrected chi connectivity index (χ3v) is 9.44. The molecule has 0 saturated heterocycles. The van der Waals surface area contributed by atoms with Crippen molar-refractivity contribution in [2.45, 2.75) is 68.8 Å². The van der Waals surface area contributed by atoms with E-state index in [2.05, 4.69) is 11.8 Å². The van der Waals surface area contributed by atoms with Crippen molar-refractivity contribution >= 4 is 26.9 Å². The van der Waals surface area contributed by atoms with Crippen LogP contribution in [-0.2, 0) is 14.6 Å². The molecule has 2 aliphatic rings. The van der Waals surface area contributed by atoms with Gasteiger partial charge in [-0.2, -0.15) is 0 Å². The average Bonchev–Trinajstić information content (AvgIpc) is 3.49. The maximum absolute atomic E-state index is 13.3. The summed E-state index contributed by atoms with van der Waals surface area (Å²) in [6, 6.07) is 19.8. The normalized spacial score (nSPS) is 19.4. The van der Waals surface area contributed by atoms with Gasteiger partial charge < -0.3 is 13.9 Å². The van der Waals surface area contributed by atoms with E-state index in [0.29, 0.717) is 34.1 Å². The summed E-state index contributed by atoms with van der Waals surface area (Å²) in [6.07, 6.45) is 9.80. The Bertz CT molecular complexity index is 1750. The topological polar surface area (TPSA) is 95.7 Å². The lowest BCUT2D eigenvalue weighted by molar-refractivity contribution is -0.140. The fourth-order valence-electron chi connectivity index (χ4n) is 5.84. The number of fused-ring (bicyclic) bond motifs is 1. The lowest BCUT2D eigenvalue weighted by Crippen LogP contribution is -2.25. The van der Waals surface area contributed by atoms with Gasteiger partial charge in [-0.3, -0.25) is 4.79 Å². The van der Waals surface area contributed by atoms with Crippen LogP contribution in [0, 0.1) is 23.7 Å². The molecule has 0 bridgehead atoms. The zero-order valence-electron chi connectivity index (χ0n) is 24.3. The van der Waals surface area contributed by atoms with Crippen LogP contribution < -0.4 is 9.47 Å². The van der Waals surface area contributed by atoms with E-state index < -0.39 is 9.84 Å². The van der Waals surface area contributed by atoms with Gasteiger partial charge in [-0.15, -0.1) is 0 Å². The zero-order chi connectivity index (χ0) is 29.8. The minimum absolute atomic E-state index is 0.0909. The molecule has 3 aromatic carbocycles. The number of aromatic nitrogens is 1. The molecule has 0 N–H and O–H groups in total. The van der Waals surface area contributed by atoms with Crippen LogP contribution in [0.5, 0.6) is 11.5 Å². The van der Waals surface area contributed by atoms with Crippen molar-refractivity contribution in [2.24, 2.45) is 11.8 Å². The van der Waals surface area contributed by atoms with Crippen molar-refractivity contribution in [3.63, 3.8) is 0 Å². The van der Waals surface area contributed by atoms with Gasteiger partial charge in [0.2, 0.25) is 11.5 Å². The minimum Gasteiger partial charge on any atom is -0.486 e. The van der Waals surface area contributed by atoms with Crippen molar-refractivity contribution in [3.8, 4) is 34.8 Å². The third-order valence-electron chi connectivity index (χ3n) is 8.31. The van der Waals surface area contributed by atoms with E-state index in [1.165, 1.54) is 24.8 Å². The van der Waals surface area contributed by atoms with Crippen LogP contribution in [0.3, 0.4) is 0 Å². The number of esters is 1. The van der Waals surface area contributed by atoms with Gasteiger partial charge in [-0.1, -0.05) is 36.5 Å². The third kappa shape index (κ3) is 6.94. The minimum atomic E-state index is -3.34. The highest BCUT2D eigenvalue weighted by Gasteiger charge is 2.29. The number of oxazole rings is 1. The van der Waals surface area contributed by atoms with E-state index >= 15 is 0 Å². The molecule has 0 spiro atoms. The van der Waals surface area contributed by atoms with Crippen LogP contribution in [0.4, 0.5) is 0 Å². The van der Waals surface area contributed by atoms with Crippen LogP contribution in [0.2, 0.25) is 0 Å². The Hall–Kier alpha value is -4.09. The number of sulfone groups is 1. The van der Waals surface area contributed by atoms with E-state index in [1.807, 2.05) is 30.3 Å². The predicted molar refractivity (Wildman–Crippen MR) is 164 cm³/mol. The van der Waals surface area contributed by atoms with Gasteiger partial charge in [0.1, 0.15) is 0 Å². The number of nitrogens with zero attached hydrogens (tertiary/aromatic N) is 1. The molecule has 0 atom stereocenters. The highest BCUT2D eigenvalue weighted by molar-refractivity contribution is 7.90. The van der Waals surface area contributed by atoms with Crippen LogP contribution in [0.1, 0.15) is 63.4 Å². The first-order chi connectivity index (χ1) is 20.8. The maximum Gasteiger partial charge on any atom is 0.314 e. The monoisotopic (exact) mass is 597 g/mol. The Morgan fingerprint density at radius 2 is 1.56 bits per heavy atom. The number of benzene rings is 3. The van der Waals surface area contributed by atoms with Gasteiger partial charge in [0.25, 0.3) is 0 Å². The molecule has 2 saturated carbocycles. The molecule has 43 heavy (non-hydrogen) atoms. The van der Waals surface area contributed by atoms with Gasteiger partial charge in [-0.05, 0) is 99.9 Å². The Balaban J connectivity index is 1.22. The number of hydrogen-bond donors (Lipinski definition) is 0. The van der Waals surface area contributed by atoms with E-state index in [4.69, 9.17) is 18.9 Å². The van der Waals surface area contributed by atoms with E-state index in [9.17, 15) is 13.2 Å². The summed E-state index contributed by atoms with van der Waals surface area (Å²) in [7, 11) is -3.34. The highest BCUT2D eigenvalue weighted by Crippen LogP contribution is 2.39. The lowest BCUT2D eigenvalue weighted by Gasteiger charge is -2.24. The Kier molecular flexibility index (Phi) is 8.53. The maximum atomic E-state index is 13.3. The van der Waals surface area contributed by atoms with Crippen molar-refractivity contribution < 1.29 is 27.1 Å². The van der Waals surface area contributed by atoms with Gasteiger partial charge >= 0.3 is 5.97 Å². The summed E-state index contributed by atoms with van der Waals surface area (Å²) in [6.45, 7) is 0. The van der Waals surface area contributed by atoms with Crippen molar-refractivity contribution in [2.75, 3.05) is 6.26 Å². The molecule has 0 radical (unpaired) electrons. The second-order valence-corrected chi connectivity index (χ2v) is 13.6. The second-order valence-electron chi connectivity index (χ2n) is 11.5.